The second-order valence-corrected chi connectivity index (χ2v) is 9.70. The van der Waals surface area contributed by atoms with Gasteiger partial charge in [-0.2, -0.15) is 16.8 Å². The van der Waals surface area contributed by atoms with Crippen molar-refractivity contribution in [3.05, 3.63) is 12.2 Å². The van der Waals surface area contributed by atoms with E-state index in [0.29, 0.717) is 11.8 Å². The molecule has 0 heterocycles. The van der Waals surface area contributed by atoms with E-state index < -0.39 is 20.2 Å². The molecule has 2 fully saturated rings. The van der Waals surface area contributed by atoms with Crippen molar-refractivity contribution in [2.45, 2.75) is 6.42 Å². The Hall–Kier alpha value is -0.440. The highest BCUT2D eigenvalue weighted by Gasteiger charge is 2.59. The second kappa shape index (κ2) is 5.04. The molecule has 0 radical (unpaired) electrons. The predicted octanol–water partition coefficient (Wildman–Crippen LogP) is 0.623. The summed E-state index contributed by atoms with van der Waals surface area (Å²) < 4.78 is 54.9. The molecule has 0 aliphatic heterocycles. The Labute approximate surface area is 125 Å². The van der Waals surface area contributed by atoms with Crippen LogP contribution in [0.25, 0.3) is 0 Å². The van der Waals surface area contributed by atoms with Crippen LogP contribution in [0.2, 0.25) is 0 Å². The minimum Gasteiger partial charge on any atom is -0.270 e. The maximum Gasteiger partial charge on any atom is 0.264 e. The maximum absolute atomic E-state index is 11.2. The van der Waals surface area contributed by atoms with Crippen LogP contribution in [0.1, 0.15) is 6.42 Å². The molecule has 0 spiro atoms. The van der Waals surface area contributed by atoms with Crippen molar-refractivity contribution in [2.75, 3.05) is 25.7 Å². The molecular formula is C13H20O6S2. The van der Waals surface area contributed by atoms with E-state index in [0.717, 1.165) is 18.9 Å². The van der Waals surface area contributed by atoms with Crippen LogP contribution in [0.15, 0.2) is 12.2 Å². The van der Waals surface area contributed by atoms with Gasteiger partial charge < -0.3 is 0 Å². The summed E-state index contributed by atoms with van der Waals surface area (Å²) in [5.74, 6) is 1.75. The van der Waals surface area contributed by atoms with E-state index >= 15 is 0 Å². The van der Waals surface area contributed by atoms with E-state index in [-0.39, 0.29) is 36.9 Å². The van der Waals surface area contributed by atoms with Crippen LogP contribution in [0.5, 0.6) is 0 Å². The molecule has 4 aliphatic rings. The number of fused-ring (bicyclic) bond motifs is 1. The highest BCUT2D eigenvalue weighted by Crippen LogP contribution is 2.63. The van der Waals surface area contributed by atoms with E-state index in [1.165, 1.54) is 0 Å². The average molecular weight is 336 g/mol. The van der Waals surface area contributed by atoms with Crippen LogP contribution in [0.4, 0.5) is 0 Å². The van der Waals surface area contributed by atoms with Crippen LogP contribution in [-0.2, 0) is 28.6 Å². The van der Waals surface area contributed by atoms with Crippen LogP contribution in [-0.4, -0.2) is 42.6 Å². The molecule has 2 bridgehead atoms. The summed E-state index contributed by atoms with van der Waals surface area (Å²) in [4.78, 5) is 0. The highest BCUT2D eigenvalue weighted by atomic mass is 32.2. The zero-order chi connectivity index (χ0) is 15.4. The lowest BCUT2D eigenvalue weighted by atomic mass is 9.63. The number of hydrogen-bond donors (Lipinski definition) is 0. The molecule has 120 valence electrons. The van der Waals surface area contributed by atoms with Crippen molar-refractivity contribution in [1.29, 1.82) is 0 Å². The summed E-state index contributed by atoms with van der Waals surface area (Å²) in [6.07, 6.45) is 7.49. The summed E-state index contributed by atoms with van der Waals surface area (Å²) in [5.41, 5.74) is 0. The van der Waals surface area contributed by atoms with Crippen LogP contribution >= 0.6 is 0 Å². The lowest BCUT2D eigenvalue weighted by molar-refractivity contribution is 0.0379. The molecule has 8 heteroatoms. The largest absolute Gasteiger partial charge is 0.270 e. The van der Waals surface area contributed by atoms with Crippen LogP contribution in [0.3, 0.4) is 0 Å². The minimum atomic E-state index is -3.49. The fraction of sp³-hybridized carbons (Fsp3) is 0.846. The Morgan fingerprint density at radius 2 is 1.24 bits per heavy atom. The van der Waals surface area contributed by atoms with Crippen LogP contribution < -0.4 is 0 Å². The maximum atomic E-state index is 11.2. The van der Waals surface area contributed by atoms with Gasteiger partial charge in [-0.15, -0.1) is 0 Å². The molecule has 6 atom stereocenters. The fourth-order valence-corrected chi connectivity index (χ4v) is 4.84. The molecule has 6 nitrogen and oxygen atoms in total. The summed E-state index contributed by atoms with van der Waals surface area (Å²) in [6, 6.07) is 0. The molecular weight excluding hydrogens is 316 g/mol. The Bertz CT molecular complexity index is 594. The van der Waals surface area contributed by atoms with Crippen LogP contribution in [0, 0.1) is 35.5 Å². The van der Waals surface area contributed by atoms with E-state index in [4.69, 9.17) is 8.37 Å². The van der Waals surface area contributed by atoms with E-state index in [2.05, 4.69) is 12.2 Å². The Morgan fingerprint density at radius 1 is 0.857 bits per heavy atom. The van der Waals surface area contributed by atoms with Gasteiger partial charge in [-0.05, 0) is 41.9 Å². The quantitative estimate of drug-likeness (QED) is 0.522. The van der Waals surface area contributed by atoms with Gasteiger partial charge in [-0.25, -0.2) is 0 Å². The summed E-state index contributed by atoms with van der Waals surface area (Å²) >= 11 is 0. The molecule has 4 rings (SSSR count). The number of hydrogen-bond acceptors (Lipinski definition) is 6. The summed E-state index contributed by atoms with van der Waals surface area (Å²) in [5, 5.41) is 0. The average Bonchev–Trinajstić information content (AvgIpc) is 3.13. The van der Waals surface area contributed by atoms with Gasteiger partial charge in [0.1, 0.15) is 0 Å². The third-order valence-corrected chi connectivity index (χ3v) is 6.05. The monoisotopic (exact) mass is 336 g/mol. The van der Waals surface area contributed by atoms with Gasteiger partial charge in [0, 0.05) is 0 Å². The molecule has 0 saturated heterocycles. The van der Waals surface area contributed by atoms with Crippen molar-refractivity contribution < 1.29 is 25.2 Å². The zero-order valence-corrected chi connectivity index (χ0v) is 13.6. The molecule has 0 aromatic heterocycles. The van der Waals surface area contributed by atoms with Crippen molar-refractivity contribution in [3.8, 4) is 0 Å². The topological polar surface area (TPSA) is 86.7 Å². The Morgan fingerprint density at radius 3 is 1.57 bits per heavy atom. The Kier molecular flexibility index (Phi) is 3.71. The zero-order valence-electron chi connectivity index (χ0n) is 12.0. The minimum absolute atomic E-state index is 0.000208. The first-order valence-electron chi connectivity index (χ1n) is 7.03. The van der Waals surface area contributed by atoms with Gasteiger partial charge in [-0.3, -0.25) is 8.37 Å². The molecule has 0 aromatic rings. The fourth-order valence-electron chi connectivity index (χ4n) is 4.03. The first kappa shape index (κ1) is 15.5. The normalized spacial score (nSPS) is 41.0. The van der Waals surface area contributed by atoms with E-state index in [1.807, 2.05) is 0 Å². The van der Waals surface area contributed by atoms with E-state index in [9.17, 15) is 16.8 Å². The van der Waals surface area contributed by atoms with Gasteiger partial charge in [0.05, 0.1) is 25.7 Å². The molecule has 0 N–H and O–H groups in total. The van der Waals surface area contributed by atoms with Gasteiger partial charge >= 0.3 is 0 Å². The smallest absolute Gasteiger partial charge is 0.264 e. The molecule has 21 heavy (non-hydrogen) atoms. The predicted molar refractivity (Wildman–Crippen MR) is 76.3 cm³/mol. The van der Waals surface area contributed by atoms with Crippen molar-refractivity contribution >= 4 is 20.2 Å². The SMILES string of the molecule is CS(=O)(=O)OC[C@@H]1[C@@H]2C=C[C@H]([C@H]3C[C@H]23)[C@@H]1COS(C)(=O)=O. The number of allylic oxidation sites excluding steroid dienone is 2. The lowest BCUT2D eigenvalue weighted by Gasteiger charge is -2.44. The van der Waals surface area contributed by atoms with Gasteiger partial charge in [-0.1, -0.05) is 12.2 Å². The first-order chi connectivity index (χ1) is 9.66. The molecule has 0 aromatic carbocycles. The van der Waals surface area contributed by atoms with Gasteiger partial charge in [0.2, 0.25) is 0 Å². The van der Waals surface area contributed by atoms with Crippen molar-refractivity contribution in [3.63, 3.8) is 0 Å². The van der Waals surface area contributed by atoms with Crippen molar-refractivity contribution in [1.82, 2.24) is 0 Å². The molecule has 0 unspecified atom stereocenters. The van der Waals surface area contributed by atoms with E-state index in [1.54, 1.807) is 0 Å². The van der Waals surface area contributed by atoms with Gasteiger partial charge in [0.15, 0.2) is 0 Å². The molecule has 4 aliphatic carbocycles. The molecule has 2 saturated carbocycles. The summed E-state index contributed by atoms with van der Waals surface area (Å²) in [6.45, 7) is 0.205. The van der Waals surface area contributed by atoms with Gasteiger partial charge in [0.25, 0.3) is 20.2 Å². The Balaban J connectivity index is 1.75. The van der Waals surface area contributed by atoms with Crippen molar-refractivity contribution in [2.24, 2.45) is 35.5 Å². The standard InChI is InChI=1S/C13H20O6S2/c1-20(14,15)18-6-12-8-3-4-9(11-5-10(8)11)13(12)7-19-21(2,16)17/h3-4,8-13H,5-7H2,1-2H3/t8-,9-,10-,11-,12-,13+/m1/s1. The first-order valence-corrected chi connectivity index (χ1v) is 10.7. The summed E-state index contributed by atoms with van der Waals surface area (Å²) in [7, 11) is -6.99. The lowest BCUT2D eigenvalue weighted by Crippen LogP contribution is -2.43. The highest BCUT2D eigenvalue weighted by molar-refractivity contribution is 7.86. The second-order valence-electron chi connectivity index (χ2n) is 6.41. The molecule has 0 amide bonds. The third-order valence-electron chi connectivity index (χ3n) is 4.92. The third kappa shape index (κ3) is 3.33. The number of rotatable bonds is 6.